The molecule has 0 bridgehead atoms. The molecule has 0 radical (unpaired) electrons. The topological polar surface area (TPSA) is 49.7 Å². The summed E-state index contributed by atoms with van der Waals surface area (Å²) in [5.74, 6) is 0. The SMILES string of the molecule is CC/C=C\C(CC1OCCCC1O)=C(/C=C(C)C)CO. The molecule has 20 heavy (non-hydrogen) atoms. The van der Waals surface area contributed by atoms with Gasteiger partial charge in [-0.2, -0.15) is 0 Å². The molecule has 2 N–H and O–H groups in total. The highest BCUT2D eigenvalue weighted by Gasteiger charge is 2.24. The highest BCUT2D eigenvalue weighted by molar-refractivity contribution is 5.35. The average molecular weight is 280 g/mol. The molecule has 1 aliphatic heterocycles. The van der Waals surface area contributed by atoms with E-state index in [-0.39, 0.29) is 12.7 Å². The van der Waals surface area contributed by atoms with Gasteiger partial charge in [0, 0.05) is 13.0 Å². The van der Waals surface area contributed by atoms with Gasteiger partial charge in [-0.3, -0.25) is 0 Å². The number of aliphatic hydroxyl groups excluding tert-OH is 2. The van der Waals surface area contributed by atoms with Crippen molar-refractivity contribution in [3.63, 3.8) is 0 Å². The van der Waals surface area contributed by atoms with Crippen LogP contribution in [0.4, 0.5) is 0 Å². The Balaban J connectivity index is 2.95. The van der Waals surface area contributed by atoms with E-state index >= 15 is 0 Å². The second-order valence-corrected chi connectivity index (χ2v) is 5.56. The van der Waals surface area contributed by atoms with Gasteiger partial charge in [-0.15, -0.1) is 0 Å². The van der Waals surface area contributed by atoms with Crippen LogP contribution in [0.2, 0.25) is 0 Å². The Bertz CT molecular complexity index is 376. The normalized spacial score (nSPS) is 24.6. The molecule has 1 heterocycles. The van der Waals surface area contributed by atoms with Crippen LogP contribution >= 0.6 is 0 Å². The third kappa shape index (κ3) is 5.61. The molecule has 1 aliphatic rings. The quantitative estimate of drug-likeness (QED) is 0.735. The fourth-order valence-electron chi connectivity index (χ4n) is 2.39. The molecule has 0 aliphatic carbocycles. The summed E-state index contributed by atoms with van der Waals surface area (Å²) in [6.07, 6.45) is 8.89. The first-order valence-electron chi connectivity index (χ1n) is 7.52. The smallest absolute Gasteiger partial charge is 0.0874 e. The van der Waals surface area contributed by atoms with Gasteiger partial charge in [0.05, 0.1) is 18.8 Å². The van der Waals surface area contributed by atoms with Gasteiger partial charge in [-0.1, -0.05) is 30.7 Å². The van der Waals surface area contributed by atoms with Crippen LogP contribution < -0.4 is 0 Å². The zero-order valence-electron chi connectivity index (χ0n) is 12.9. The van der Waals surface area contributed by atoms with Crippen LogP contribution in [0.15, 0.2) is 34.9 Å². The van der Waals surface area contributed by atoms with Crippen LogP contribution in [0.25, 0.3) is 0 Å². The lowest BCUT2D eigenvalue weighted by Gasteiger charge is -2.28. The molecule has 0 spiro atoms. The van der Waals surface area contributed by atoms with E-state index in [1.54, 1.807) is 0 Å². The Morgan fingerprint density at radius 3 is 2.60 bits per heavy atom. The Hall–Kier alpha value is -0.900. The molecule has 1 fully saturated rings. The lowest BCUT2D eigenvalue weighted by atomic mass is 9.94. The predicted molar refractivity (Wildman–Crippen MR) is 82.6 cm³/mol. The van der Waals surface area contributed by atoms with Crippen molar-refractivity contribution in [1.29, 1.82) is 0 Å². The summed E-state index contributed by atoms with van der Waals surface area (Å²) in [5.41, 5.74) is 3.12. The summed E-state index contributed by atoms with van der Waals surface area (Å²) in [6, 6.07) is 0. The van der Waals surface area contributed by atoms with Crippen molar-refractivity contribution in [1.82, 2.24) is 0 Å². The second-order valence-electron chi connectivity index (χ2n) is 5.56. The van der Waals surface area contributed by atoms with E-state index in [9.17, 15) is 10.2 Å². The van der Waals surface area contributed by atoms with Crippen molar-refractivity contribution in [2.24, 2.45) is 0 Å². The minimum Gasteiger partial charge on any atom is -0.392 e. The van der Waals surface area contributed by atoms with Gasteiger partial charge in [0.2, 0.25) is 0 Å². The minimum absolute atomic E-state index is 0.0113. The molecule has 1 rings (SSSR count). The molecule has 0 aromatic carbocycles. The molecule has 0 saturated carbocycles. The largest absolute Gasteiger partial charge is 0.392 e. The zero-order chi connectivity index (χ0) is 15.0. The van der Waals surface area contributed by atoms with E-state index in [0.29, 0.717) is 13.0 Å². The van der Waals surface area contributed by atoms with E-state index < -0.39 is 6.10 Å². The number of hydrogen-bond acceptors (Lipinski definition) is 3. The van der Waals surface area contributed by atoms with E-state index in [4.69, 9.17) is 4.74 Å². The fourth-order valence-corrected chi connectivity index (χ4v) is 2.39. The maximum Gasteiger partial charge on any atom is 0.0874 e. The third-order valence-corrected chi connectivity index (χ3v) is 3.43. The lowest BCUT2D eigenvalue weighted by Crippen LogP contribution is -2.34. The molecule has 1 saturated heterocycles. The third-order valence-electron chi connectivity index (χ3n) is 3.43. The summed E-state index contributed by atoms with van der Waals surface area (Å²) in [5, 5.41) is 19.6. The fraction of sp³-hybridized carbons (Fsp3) is 0.647. The van der Waals surface area contributed by atoms with E-state index in [1.807, 2.05) is 19.9 Å². The summed E-state index contributed by atoms with van der Waals surface area (Å²) < 4.78 is 5.68. The summed E-state index contributed by atoms with van der Waals surface area (Å²) in [6.45, 7) is 6.84. The molecule has 0 aromatic rings. The maximum atomic E-state index is 10.0. The number of allylic oxidation sites excluding steroid dienone is 3. The first-order valence-corrected chi connectivity index (χ1v) is 7.52. The van der Waals surface area contributed by atoms with Gasteiger partial charge in [0.15, 0.2) is 0 Å². The Morgan fingerprint density at radius 2 is 2.05 bits per heavy atom. The molecule has 2 unspecified atom stereocenters. The first-order chi connectivity index (χ1) is 9.58. The molecule has 0 amide bonds. The van der Waals surface area contributed by atoms with Gasteiger partial charge in [-0.25, -0.2) is 0 Å². The highest BCUT2D eigenvalue weighted by atomic mass is 16.5. The van der Waals surface area contributed by atoms with Crippen molar-refractivity contribution in [2.75, 3.05) is 13.2 Å². The summed E-state index contributed by atoms with van der Waals surface area (Å²) in [7, 11) is 0. The molecule has 3 heteroatoms. The van der Waals surface area contributed by atoms with E-state index in [2.05, 4.69) is 19.1 Å². The van der Waals surface area contributed by atoms with E-state index in [1.165, 1.54) is 0 Å². The summed E-state index contributed by atoms with van der Waals surface area (Å²) >= 11 is 0. The van der Waals surface area contributed by atoms with Gasteiger partial charge < -0.3 is 14.9 Å². The molecule has 3 nitrogen and oxygen atoms in total. The van der Waals surface area contributed by atoms with Crippen LogP contribution in [0.5, 0.6) is 0 Å². The predicted octanol–water partition coefficient (Wildman–Crippen LogP) is 3.14. The zero-order valence-corrected chi connectivity index (χ0v) is 12.9. The minimum atomic E-state index is -0.402. The van der Waals surface area contributed by atoms with Crippen LogP contribution in [-0.4, -0.2) is 35.6 Å². The van der Waals surface area contributed by atoms with Crippen LogP contribution in [0.3, 0.4) is 0 Å². The molecular formula is C17H28O3. The van der Waals surface area contributed by atoms with Gasteiger partial charge >= 0.3 is 0 Å². The van der Waals surface area contributed by atoms with Crippen molar-refractivity contribution in [3.05, 3.63) is 34.9 Å². The van der Waals surface area contributed by atoms with Crippen LogP contribution in [-0.2, 0) is 4.74 Å². The number of hydrogen-bond donors (Lipinski definition) is 2. The Labute approximate surface area is 122 Å². The van der Waals surface area contributed by atoms with Crippen molar-refractivity contribution < 1.29 is 14.9 Å². The van der Waals surface area contributed by atoms with E-state index in [0.717, 1.165) is 36.0 Å². The lowest BCUT2D eigenvalue weighted by molar-refractivity contribution is -0.0723. The molecule has 0 aromatic heterocycles. The average Bonchev–Trinajstić information content (AvgIpc) is 2.42. The van der Waals surface area contributed by atoms with Gasteiger partial charge in [0.1, 0.15) is 0 Å². The first kappa shape index (κ1) is 17.2. The summed E-state index contributed by atoms with van der Waals surface area (Å²) in [4.78, 5) is 0. The van der Waals surface area contributed by atoms with Crippen molar-refractivity contribution >= 4 is 0 Å². The number of aliphatic hydroxyl groups is 2. The van der Waals surface area contributed by atoms with Crippen molar-refractivity contribution in [2.45, 2.75) is 58.7 Å². The van der Waals surface area contributed by atoms with Gasteiger partial charge in [0.25, 0.3) is 0 Å². The van der Waals surface area contributed by atoms with Crippen molar-refractivity contribution in [3.8, 4) is 0 Å². The number of ether oxygens (including phenoxy) is 1. The Kier molecular flexibility index (Phi) is 7.82. The molecular weight excluding hydrogens is 252 g/mol. The Morgan fingerprint density at radius 1 is 1.30 bits per heavy atom. The van der Waals surface area contributed by atoms with Gasteiger partial charge in [-0.05, 0) is 44.3 Å². The maximum absolute atomic E-state index is 10.0. The monoisotopic (exact) mass is 280 g/mol. The van der Waals surface area contributed by atoms with Crippen LogP contribution in [0, 0.1) is 0 Å². The highest BCUT2D eigenvalue weighted by Crippen LogP contribution is 2.24. The second kappa shape index (κ2) is 9.11. The number of rotatable bonds is 6. The standard InChI is InChI=1S/C17H28O3/c1-4-5-7-14(15(12-18)10-13(2)3)11-17-16(19)8-6-9-20-17/h5,7,10,16-19H,4,6,8-9,11-12H2,1-3H3/b7-5-,15-14-. The molecule has 2 atom stereocenters. The van der Waals surface area contributed by atoms with Crippen LogP contribution in [0.1, 0.15) is 46.5 Å². The molecule has 114 valence electrons.